The summed E-state index contributed by atoms with van der Waals surface area (Å²) in [5.41, 5.74) is 0.367. The van der Waals surface area contributed by atoms with Gasteiger partial charge in [-0.15, -0.1) is 0 Å². The van der Waals surface area contributed by atoms with E-state index >= 15 is 0 Å². The normalized spacial score (nSPS) is 28.2. The molecule has 2 aliphatic rings. The van der Waals surface area contributed by atoms with Gasteiger partial charge >= 0.3 is 0 Å². The first kappa shape index (κ1) is 13.2. The lowest BCUT2D eigenvalue weighted by atomic mass is 9.96. The molecule has 0 bridgehead atoms. The van der Waals surface area contributed by atoms with Crippen LogP contribution in [0.15, 0.2) is 4.99 Å². The number of amidine groups is 1. The van der Waals surface area contributed by atoms with Crippen LogP contribution < -0.4 is 5.32 Å². The second-order valence-corrected chi connectivity index (χ2v) is 6.75. The maximum atomic E-state index is 4.61. The highest BCUT2D eigenvalue weighted by molar-refractivity contribution is 8.13. The number of nitrogens with one attached hydrogen (secondary N) is 1. The highest BCUT2D eigenvalue weighted by Crippen LogP contribution is 2.33. The summed E-state index contributed by atoms with van der Waals surface area (Å²) in [4.78, 5) is 7.02. The van der Waals surface area contributed by atoms with E-state index in [0.29, 0.717) is 5.54 Å². The summed E-state index contributed by atoms with van der Waals surface area (Å²) < 4.78 is 0. The summed E-state index contributed by atoms with van der Waals surface area (Å²) in [5, 5.41) is 4.74. The van der Waals surface area contributed by atoms with Gasteiger partial charge in [0.2, 0.25) is 0 Å². The van der Waals surface area contributed by atoms with Gasteiger partial charge in [0.05, 0.1) is 0 Å². The van der Waals surface area contributed by atoms with Crippen molar-refractivity contribution in [3.63, 3.8) is 0 Å². The molecule has 17 heavy (non-hydrogen) atoms. The molecule has 0 amide bonds. The third kappa shape index (κ3) is 3.16. The molecular formula is C13H25N3S. The van der Waals surface area contributed by atoms with E-state index in [1.165, 1.54) is 31.4 Å². The monoisotopic (exact) mass is 255 g/mol. The van der Waals surface area contributed by atoms with Crippen molar-refractivity contribution in [1.29, 1.82) is 0 Å². The molecule has 3 nitrogen and oxygen atoms in total. The molecule has 2 rings (SSSR count). The molecule has 0 aromatic heterocycles. The Balaban J connectivity index is 1.88. The lowest BCUT2D eigenvalue weighted by Gasteiger charge is -2.37. The van der Waals surface area contributed by atoms with E-state index in [-0.39, 0.29) is 0 Å². The first-order valence-corrected chi connectivity index (χ1v) is 7.69. The zero-order valence-electron chi connectivity index (χ0n) is 11.3. The van der Waals surface area contributed by atoms with Crippen LogP contribution in [-0.4, -0.2) is 48.5 Å². The molecule has 1 aliphatic heterocycles. The molecule has 98 valence electrons. The van der Waals surface area contributed by atoms with Gasteiger partial charge in [0, 0.05) is 24.4 Å². The van der Waals surface area contributed by atoms with Crippen molar-refractivity contribution in [2.75, 3.05) is 32.9 Å². The zero-order valence-corrected chi connectivity index (χ0v) is 12.1. The number of rotatable bonds is 3. The Hall–Kier alpha value is -0.220. The Kier molecular flexibility index (Phi) is 4.36. The van der Waals surface area contributed by atoms with E-state index in [4.69, 9.17) is 0 Å². The lowest BCUT2D eigenvalue weighted by Crippen LogP contribution is -2.50. The summed E-state index contributed by atoms with van der Waals surface area (Å²) in [5.74, 6) is 1.95. The van der Waals surface area contributed by atoms with Gasteiger partial charge in [0.1, 0.15) is 0 Å². The van der Waals surface area contributed by atoms with Crippen molar-refractivity contribution >= 4 is 16.9 Å². The standard InChI is InChI=1S/C13H25N3S/c1-11-8-14-12(17-9-11)15-10-13(16(2)3)6-4-5-7-13/h11H,4-10H2,1-3H3,(H,14,15). The summed E-state index contributed by atoms with van der Waals surface area (Å²) in [6, 6.07) is 0. The van der Waals surface area contributed by atoms with Crippen LogP contribution in [-0.2, 0) is 0 Å². The van der Waals surface area contributed by atoms with Crippen molar-refractivity contribution < 1.29 is 0 Å². The SMILES string of the molecule is CC1CN=C(NCC2(N(C)C)CCCC2)SC1. The Morgan fingerprint density at radius 1 is 1.41 bits per heavy atom. The van der Waals surface area contributed by atoms with Gasteiger partial charge in [-0.05, 0) is 32.9 Å². The highest BCUT2D eigenvalue weighted by Gasteiger charge is 2.36. The van der Waals surface area contributed by atoms with Crippen molar-refractivity contribution in [3.8, 4) is 0 Å². The fourth-order valence-corrected chi connectivity index (χ4v) is 3.61. The van der Waals surface area contributed by atoms with Crippen LogP contribution in [0.2, 0.25) is 0 Å². The third-order valence-electron chi connectivity index (χ3n) is 4.10. The molecule has 0 saturated heterocycles. The van der Waals surface area contributed by atoms with E-state index in [9.17, 15) is 0 Å². The fourth-order valence-electron chi connectivity index (χ4n) is 2.72. The van der Waals surface area contributed by atoms with Gasteiger partial charge in [-0.1, -0.05) is 31.5 Å². The molecule has 1 N–H and O–H groups in total. The summed E-state index contributed by atoms with van der Waals surface area (Å²) in [7, 11) is 4.43. The molecule has 1 aliphatic carbocycles. The lowest BCUT2D eigenvalue weighted by molar-refractivity contribution is 0.161. The van der Waals surface area contributed by atoms with E-state index in [0.717, 1.165) is 24.2 Å². The number of hydrogen-bond acceptors (Lipinski definition) is 4. The number of aliphatic imine (C=N–C) groups is 1. The molecule has 0 aromatic carbocycles. The van der Waals surface area contributed by atoms with E-state index in [1.807, 2.05) is 11.8 Å². The average molecular weight is 255 g/mol. The molecule has 1 saturated carbocycles. The summed E-state index contributed by atoms with van der Waals surface area (Å²) >= 11 is 1.89. The average Bonchev–Trinajstić information content (AvgIpc) is 2.78. The first-order valence-electron chi connectivity index (χ1n) is 6.71. The van der Waals surface area contributed by atoms with Crippen LogP contribution in [0.4, 0.5) is 0 Å². The van der Waals surface area contributed by atoms with Gasteiger partial charge < -0.3 is 10.2 Å². The minimum Gasteiger partial charge on any atom is -0.363 e. The van der Waals surface area contributed by atoms with Gasteiger partial charge in [-0.2, -0.15) is 0 Å². The van der Waals surface area contributed by atoms with Crippen LogP contribution in [0.3, 0.4) is 0 Å². The number of hydrogen-bond donors (Lipinski definition) is 1. The largest absolute Gasteiger partial charge is 0.363 e. The van der Waals surface area contributed by atoms with E-state index in [1.54, 1.807) is 0 Å². The van der Waals surface area contributed by atoms with Gasteiger partial charge in [0.15, 0.2) is 5.17 Å². The molecule has 0 radical (unpaired) electrons. The first-order chi connectivity index (χ1) is 8.12. The second-order valence-electron chi connectivity index (χ2n) is 5.74. The van der Waals surface area contributed by atoms with Crippen molar-refractivity contribution in [2.45, 2.75) is 38.1 Å². The smallest absolute Gasteiger partial charge is 0.156 e. The Morgan fingerprint density at radius 2 is 2.12 bits per heavy atom. The minimum atomic E-state index is 0.367. The molecule has 0 spiro atoms. The molecule has 4 heteroatoms. The van der Waals surface area contributed by atoms with Gasteiger partial charge in [-0.25, -0.2) is 0 Å². The predicted molar refractivity (Wildman–Crippen MR) is 76.8 cm³/mol. The quantitative estimate of drug-likeness (QED) is 0.838. The molecule has 1 fully saturated rings. The highest BCUT2D eigenvalue weighted by atomic mass is 32.2. The third-order valence-corrected chi connectivity index (χ3v) is 5.39. The Bertz CT molecular complexity index is 282. The maximum Gasteiger partial charge on any atom is 0.156 e. The number of nitrogens with zero attached hydrogens (tertiary/aromatic N) is 2. The predicted octanol–water partition coefficient (Wildman–Crippen LogP) is 2.19. The van der Waals surface area contributed by atoms with E-state index < -0.39 is 0 Å². The van der Waals surface area contributed by atoms with Crippen LogP contribution in [0, 0.1) is 5.92 Å². The van der Waals surface area contributed by atoms with Gasteiger partial charge in [-0.3, -0.25) is 4.99 Å². The molecule has 1 heterocycles. The number of thioether (sulfide) groups is 1. The van der Waals surface area contributed by atoms with Gasteiger partial charge in [0.25, 0.3) is 0 Å². The minimum absolute atomic E-state index is 0.367. The maximum absolute atomic E-state index is 4.61. The van der Waals surface area contributed by atoms with Crippen molar-refractivity contribution in [1.82, 2.24) is 10.2 Å². The summed E-state index contributed by atoms with van der Waals surface area (Å²) in [6.45, 7) is 4.32. The fraction of sp³-hybridized carbons (Fsp3) is 0.923. The van der Waals surface area contributed by atoms with Crippen LogP contribution >= 0.6 is 11.8 Å². The molecular weight excluding hydrogens is 230 g/mol. The second kappa shape index (κ2) is 5.61. The Morgan fingerprint density at radius 3 is 2.65 bits per heavy atom. The zero-order chi connectivity index (χ0) is 12.3. The topological polar surface area (TPSA) is 27.6 Å². The molecule has 1 unspecified atom stereocenters. The molecule has 0 aromatic rings. The number of likely N-dealkylation sites (N-methyl/N-ethyl adjacent to an activating group) is 1. The van der Waals surface area contributed by atoms with Crippen LogP contribution in [0.5, 0.6) is 0 Å². The van der Waals surface area contributed by atoms with Crippen molar-refractivity contribution in [2.24, 2.45) is 10.9 Å². The van der Waals surface area contributed by atoms with E-state index in [2.05, 4.69) is 36.2 Å². The van der Waals surface area contributed by atoms with Crippen molar-refractivity contribution in [3.05, 3.63) is 0 Å². The van der Waals surface area contributed by atoms with Crippen LogP contribution in [0.25, 0.3) is 0 Å². The van der Waals surface area contributed by atoms with Crippen LogP contribution in [0.1, 0.15) is 32.6 Å². The summed E-state index contributed by atoms with van der Waals surface area (Å²) in [6.07, 6.45) is 5.38. The molecule has 1 atom stereocenters. The Labute approximate surface area is 109 Å².